The number of unbranched alkanes of at least 4 members (excludes halogenated alkanes) is 3. The normalized spacial score (nSPS) is 16.7. The maximum Gasteiger partial charge on any atom is 0.217 e. The van der Waals surface area contributed by atoms with Gasteiger partial charge in [-0.05, 0) is 36.8 Å². The highest BCUT2D eigenvalue weighted by Gasteiger charge is 2.26. The van der Waals surface area contributed by atoms with Gasteiger partial charge in [-0.25, -0.2) is 0 Å². The zero-order chi connectivity index (χ0) is 15.0. The van der Waals surface area contributed by atoms with Crippen molar-refractivity contribution in [2.75, 3.05) is 0 Å². The first-order valence-corrected chi connectivity index (χ1v) is 10.3. The predicted octanol–water partition coefficient (Wildman–Crippen LogP) is 6.26. The Morgan fingerprint density at radius 2 is 1.75 bits per heavy atom. The second-order valence-corrected chi connectivity index (χ2v) is 10.3. The molecule has 0 saturated heterocycles. The summed E-state index contributed by atoms with van der Waals surface area (Å²) in [6.45, 7) is 11.6. The predicted molar refractivity (Wildman–Crippen MR) is 91.5 cm³/mol. The first-order valence-electron chi connectivity index (χ1n) is 8.75. The molecule has 0 aliphatic heterocycles. The van der Waals surface area contributed by atoms with E-state index in [1.165, 1.54) is 51.4 Å². The van der Waals surface area contributed by atoms with Gasteiger partial charge in [0.1, 0.15) is 0 Å². The van der Waals surface area contributed by atoms with Crippen molar-refractivity contribution in [2.24, 2.45) is 0 Å². The lowest BCUT2D eigenvalue weighted by Gasteiger charge is -2.30. The summed E-state index contributed by atoms with van der Waals surface area (Å²) in [5.74, 6) is 0. The Labute approximate surface area is 128 Å². The van der Waals surface area contributed by atoms with E-state index in [0.29, 0.717) is 17.2 Å². The summed E-state index contributed by atoms with van der Waals surface area (Å²) in [4.78, 5) is 0. The van der Waals surface area contributed by atoms with Crippen molar-refractivity contribution in [3.63, 3.8) is 0 Å². The van der Waals surface area contributed by atoms with Crippen LogP contribution in [0.3, 0.4) is 0 Å². The first kappa shape index (κ1) is 18.0. The van der Waals surface area contributed by atoms with Crippen LogP contribution in [0.25, 0.3) is 0 Å². The van der Waals surface area contributed by atoms with Gasteiger partial charge in [-0.3, -0.25) is 0 Å². The standard InChI is InChI=1S/C18H35OSi/c1-6-7-8-9-13-18(14-17-11-10-12-17)19-20(15(2)3)16(4)5/h11,15-16,18H,6-10,12-14H2,1-5H3. The highest BCUT2D eigenvalue weighted by atomic mass is 28.3. The maximum absolute atomic E-state index is 6.62. The van der Waals surface area contributed by atoms with Gasteiger partial charge in [0.25, 0.3) is 0 Å². The Morgan fingerprint density at radius 1 is 1.10 bits per heavy atom. The van der Waals surface area contributed by atoms with Crippen LogP contribution >= 0.6 is 0 Å². The van der Waals surface area contributed by atoms with E-state index in [-0.39, 0.29) is 0 Å². The molecule has 0 aromatic rings. The van der Waals surface area contributed by atoms with Crippen LogP contribution in [0.15, 0.2) is 11.6 Å². The summed E-state index contributed by atoms with van der Waals surface area (Å²) in [5, 5.41) is 0. The highest BCUT2D eigenvalue weighted by molar-refractivity contribution is 6.55. The van der Waals surface area contributed by atoms with Gasteiger partial charge in [-0.1, -0.05) is 72.0 Å². The molecule has 1 atom stereocenters. The fourth-order valence-electron chi connectivity index (χ4n) is 2.96. The second-order valence-electron chi connectivity index (χ2n) is 6.91. The molecule has 0 N–H and O–H groups in total. The number of hydrogen-bond acceptors (Lipinski definition) is 1. The summed E-state index contributed by atoms with van der Waals surface area (Å²) < 4.78 is 6.62. The van der Waals surface area contributed by atoms with E-state index >= 15 is 0 Å². The molecule has 117 valence electrons. The molecule has 0 fully saturated rings. The average molecular weight is 296 g/mol. The van der Waals surface area contributed by atoms with E-state index in [1.54, 1.807) is 5.57 Å². The largest absolute Gasteiger partial charge is 0.413 e. The molecule has 0 bridgehead atoms. The SMILES string of the molecule is CCCCCCC(CC1=CCC1)O[Si](C(C)C)C(C)C. The highest BCUT2D eigenvalue weighted by Crippen LogP contribution is 2.29. The van der Waals surface area contributed by atoms with E-state index in [0.717, 1.165) is 0 Å². The summed E-state index contributed by atoms with van der Waals surface area (Å²) in [5.41, 5.74) is 3.08. The van der Waals surface area contributed by atoms with Crippen molar-refractivity contribution >= 4 is 9.04 Å². The quantitative estimate of drug-likeness (QED) is 0.248. The van der Waals surface area contributed by atoms with Gasteiger partial charge >= 0.3 is 0 Å². The molecule has 0 aromatic heterocycles. The third-order valence-corrected chi connectivity index (χ3v) is 7.09. The topological polar surface area (TPSA) is 9.23 Å². The molecule has 0 aromatic carbocycles. The fraction of sp³-hybridized carbons (Fsp3) is 0.889. The molecule has 1 unspecified atom stereocenters. The Hall–Kier alpha value is -0.0831. The average Bonchev–Trinajstić information content (AvgIpc) is 2.33. The summed E-state index contributed by atoms with van der Waals surface area (Å²) in [6, 6.07) is 0. The molecule has 1 aliphatic carbocycles. The van der Waals surface area contributed by atoms with Gasteiger partial charge in [-0.15, -0.1) is 0 Å². The zero-order valence-electron chi connectivity index (χ0n) is 14.4. The van der Waals surface area contributed by atoms with Gasteiger partial charge in [0.05, 0.1) is 0 Å². The van der Waals surface area contributed by atoms with Crippen molar-refractivity contribution < 1.29 is 4.43 Å². The van der Waals surface area contributed by atoms with Gasteiger partial charge in [0, 0.05) is 6.10 Å². The van der Waals surface area contributed by atoms with E-state index in [4.69, 9.17) is 4.43 Å². The molecule has 0 amide bonds. The zero-order valence-corrected chi connectivity index (χ0v) is 15.4. The molecule has 1 aliphatic rings. The third-order valence-electron chi connectivity index (χ3n) is 4.21. The maximum atomic E-state index is 6.62. The van der Waals surface area contributed by atoms with Gasteiger partial charge in [0.15, 0.2) is 0 Å². The van der Waals surface area contributed by atoms with E-state index in [2.05, 4.69) is 40.7 Å². The van der Waals surface area contributed by atoms with Crippen molar-refractivity contribution in [2.45, 2.75) is 103 Å². The Kier molecular flexibility index (Phi) is 8.79. The Bertz CT molecular complexity index is 275. The van der Waals surface area contributed by atoms with Crippen LogP contribution in [0.2, 0.25) is 11.1 Å². The molecule has 0 saturated carbocycles. The van der Waals surface area contributed by atoms with E-state index < -0.39 is 9.04 Å². The third kappa shape index (κ3) is 6.58. The van der Waals surface area contributed by atoms with Crippen molar-refractivity contribution in [3.8, 4) is 0 Å². The minimum Gasteiger partial charge on any atom is -0.413 e. The van der Waals surface area contributed by atoms with Gasteiger partial charge < -0.3 is 4.43 Å². The van der Waals surface area contributed by atoms with Crippen LogP contribution in [0.4, 0.5) is 0 Å². The van der Waals surface area contributed by atoms with Crippen LogP contribution in [-0.4, -0.2) is 15.1 Å². The molecular formula is C18H35OSi. The molecule has 2 heteroatoms. The lowest BCUT2D eigenvalue weighted by atomic mass is 9.92. The first-order chi connectivity index (χ1) is 9.54. The molecule has 1 radical (unpaired) electrons. The van der Waals surface area contributed by atoms with Crippen LogP contribution in [-0.2, 0) is 4.43 Å². The van der Waals surface area contributed by atoms with Crippen molar-refractivity contribution in [1.29, 1.82) is 0 Å². The minimum absolute atomic E-state index is 0.497. The van der Waals surface area contributed by atoms with Crippen LogP contribution in [0.1, 0.15) is 86.0 Å². The lowest BCUT2D eigenvalue weighted by Crippen LogP contribution is -2.32. The fourth-order valence-corrected chi connectivity index (χ4v) is 5.42. The minimum atomic E-state index is -0.676. The Balaban J connectivity index is 2.46. The van der Waals surface area contributed by atoms with Gasteiger partial charge in [-0.2, -0.15) is 0 Å². The smallest absolute Gasteiger partial charge is 0.217 e. The molecule has 0 heterocycles. The van der Waals surface area contributed by atoms with Crippen molar-refractivity contribution in [3.05, 3.63) is 11.6 Å². The lowest BCUT2D eigenvalue weighted by molar-refractivity contribution is 0.176. The van der Waals surface area contributed by atoms with Crippen LogP contribution < -0.4 is 0 Å². The van der Waals surface area contributed by atoms with Crippen LogP contribution in [0.5, 0.6) is 0 Å². The number of rotatable bonds is 11. The summed E-state index contributed by atoms with van der Waals surface area (Å²) in [6.07, 6.45) is 13.4. The Morgan fingerprint density at radius 3 is 2.20 bits per heavy atom. The molecule has 1 rings (SSSR count). The number of hydrogen-bond donors (Lipinski definition) is 0. The van der Waals surface area contributed by atoms with Gasteiger partial charge in [0.2, 0.25) is 9.04 Å². The molecular weight excluding hydrogens is 260 g/mol. The summed E-state index contributed by atoms with van der Waals surface area (Å²) >= 11 is 0. The molecule has 20 heavy (non-hydrogen) atoms. The summed E-state index contributed by atoms with van der Waals surface area (Å²) in [7, 11) is -0.676. The molecule has 0 spiro atoms. The van der Waals surface area contributed by atoms with Crippen LogP contribution in [0, 0.1) is 0 Å². The van der Waals surface area contributed by atoms with E-state index in [9.17, 15) is 0 Å². The van der Waals surface area contributed by atoms with E-state index in [1.807, 2.05) is 0 Å². The number of allylic oxidation sites excluding steroid dienone is 1. The monoisotopic (exact) mass is 295 g/mol. The second kappa shape index (κ2) is 9.78. The van der Waals surface area contributed by atoms with Crippen molar-refractivity contribution in [1.82, 2.24) is 0 Å². The molecule has 1 nitrogen and oxygen atoms in total.